The molecule has 0 bridgehead atoms. The normalized spacial score (nSPS) is 15.0. The van der Waals surface area contributed by atoms with Gasteiger partial charge in [-0.25, -0.2) is 0 Å². The lowest BCUT2D eigenvalue weighted by atomic mass is 10.0. The Bertz CT molecular complexity index is 728. The number of rotatable bonds is 31. The van der Waals surface area contributed by atoms with Crippen LogP contribution in [-0.2, 0) is 18.4 Å². The molecule has 0 radical (unpaired) electrons. The largest absolute Gasteiger partial charge is 0.756 e. The van der Waals surface area contributed by atoms with Crippen LogP contribution in [0.25, 0.3) is 0 Å². The monoisotopic (exact) mass is 632 g/mol. The molecule has 0 fully saturated rings. The highest BCUT2D eigenvalue weighted by molar-refractivity contribution is 7.45. The number of allylic oxidation sites excluding steroid dienone is 1. The van der Waals surface area contributed by atoms with Gasteiger partial charge in [0.15, 0.2) is 0 Å². The molecule has 0 aromatic heterocycles. The minimum atomic E-state index is -4.55. The fourth-order valence-corrected chi connectivity index (χ4v) is 5.57. The number of hydrogen-bond acceptors (Lipinski definition) is 6. The first-order chi connectivity index (χ1) is 20.5. The maximum atomic E-state index is 12.6. The van der Waals surface area contributed by atoms with Crippen LogP contribution in [0.4, 0.5) is 0 Å². The van der Waals surface area contributed by atoms with Gasteiger partial charge >= 0.3 is 0 Å². The molecular formula is C34H69N2O6P. The van der Waals surface area contributed by atoms with Gasteiger partial charge in [-0.2, -0.15) is 0 Å². The lowest BCUT2D eigenvalue weighted by Gasteiger charge is -2.29. The second-order valence-corrected chi connectivity index (χ2v) is 14.6. The quantitative estimate of drug-likeness (QED) is 0.0349. The second kappa shape index (κ2) is 27.5. The summed E-state index contributed by atoms with van der Waals surface area (Å²) < 4.78 is 22.8. The van der Waals surface area contributed by atoms with Crippen LogP contribution in [0.3, 0.4) is 0 Å². The molecule has 0 aromatic rings. The number of likely N-dealkylation sites (N-methyl/N-ethyl adjacent to an activating group) is 1. The molecule has 0 aliphatic carbocycles. The van der Waals surface area contributed by atoms with E-state index in [1.807, 2.05) is 27.2 Å². The number of nitrogens with zero attached hydrogens (tertiary/aromatic N) is 1. The van der Waals surface area contributed by atoms with Crippen LogP contribution in [0.15, 0.2) is 12.2 Å². The van der Waals surface area contributed by atoms with Crippen LogP contribution < -0.4 is 10.2 Å². The number of phosphoric ester groups is 1. The Hall–Kier alpha value is -0.760. The highest BCUT2D eigenvalue weighted by Gasteiger charge is 2.23. The Balaban J connectivity index is 4.19. The highest BCUT2D eigenvalue weighted by Crippen LogP contribution is 2.38. The number of carbonyl (C=O) groups excluding carboxylic acids is 1. The Morgan fingerprint density at radius 2 is 1.26 bits per heavy atom. The molecule has 0 spiro atoms. The van der Waals surface area contributed by atoms with Gasteiger partial charge in [-0.1, -0.05) is 142 Å². The number of unbranched alkanes of at least 4 members (excludes halogenated alkanes) is 18. The number of hydrogen-bond donors (Lipinski definition) is 2. The van der Waals surface area contributed by atoms with Crippen LogP contribution in [0.5, 0.6) is 0 Å². The Kier molecular flexibility index (Phi) is 27.1. The standard InChI is InChI=1S/C34H69N2O6P/c1-6-8-10-12-13-14-15-16-17-18-19-20-21-22-23-24-26-28-34(38)35-32(33(37)27-25-11-9-7-2)31-42-43(39,40)41-30-29-36(3,4)5/h25,27,32-33,37H,6-24,26,28-31H2,1-5H3,(H-,35,38,39,40)/b27-25+. The summed E-state index contributed by atoms with van der Waals surface area (Å²) in [6.45, 7) is 4.47. The number of aliphatic hydroxyl groups is 1. The molecule has 0 aromatic carbocycles. The maximum Gasteiger partial charge on any atom is 0.268 e. The average Bonchev–Trinajstić information content (AvgIpc) is 2.94. The average molecular weight is 633 g/mol. The van der Waals surface area contributed by atoms with Crippen LogP contribution >= 0.6 is 7.82 Å². The third kappa shape index (κ3) is 29.7. The lowest BCUT2D eigenvalue weighted by molar-refractivity contribution is -0.870. The van der Waals surface area contributed by atoms with Crippen LogP contribution in [-0.4, -0.2) is 68.5 Å². The lowest BCUT2D eigenvalue weighted by Crippen LogP contribution is -2.45. The first-order valence-electron chi connectivity index (χ1n) is 17.6. The summed E-state index contributed by atoms with van der Waals surface area (Å²) in [4.78, 5) is 24.9. The van der Waals surface area contributed by atoms with Crippen LogP contribution in [0, 0.1) is 0 Å². The molecule has 0 aliphatic heterocycles. The van der Waals surface area contributed by atoms with Gasteiger partial charge in [-0.3, -0.25) is 9.36 Å². The van der Waals surface area contributed by atoms with Gasteiger partial charge in [0, 0.05) is 6.42 Å². The molecule has 3 unspecified atom stereocenters. The van der Waals surface area contributed by atoms with Crippen molar-refractivity contribution in [3.8, 4) is 0 Å². The molecule has 0 saturated heterocycles. The van der Waals surface area contributed by atoms with E-state index >= 15 is 0 Å². The Labute approximate surface area is 265 Å². The number of carbonyl (C=O) groups is 1. The van der Waals surface area contributed by atoms with E-state index in [0.29, 0.717) is 17.4 Å². The summed E-state index contributed by atoms with van der Waals surface area (Å²) >= 11 is 0. The summed E-state index contributed by atoms with van der Waals surface area (Å²) in [6.07, 6.45) is 27.4. The summed E-state index contributed by atoms with van der Waals surface area (Å²) in [6, 6.07) is -0.875. The van der Waals surface area contributed by atoms with Crippen molar-refractivity contribution < 1.29 is 32.9 Å². The first kappa shape index (κ1) is 42.2. The SMILES string of the molecule is CCCC/C=C/C(O)C(COP(=O)([O-])OCC[N+](C)(C)C)NC(=O)CCCCCCCCCCCCCCCCCCC. The smallest absolute Gasteiger partial charge is 0.268 e. The van der Waals surface area contributed by atoms with Gasteiger partial charge in [0.2, 0.25) is 5.91 Å². The minimum absolute atomic E-state index is 0.0000856. The topological polar surface area (TPSA) is 108 Å². The number of aliphatic hydroxyl groups excluding tert-OH is 1. The molecule has 9 heteroatoms. The number of amides is 1. The summed E-state index contributed by atoms with van der Waals surface area (Å²) in [7, 11) is 1.26. The molecule has 8 nitrogen and oxygen atoms in total. The van der Waals surface area contributed by atoms with Crippen molar-refractivity contribution in [2.45, 2.75) is 161 Å². The molecule has 0 saturated carbocycles. The molecule has 0 rings (SSSR count). The van der Waals surface area contributed by atoms with Crippen LogP contribution in [0.2, 0.25) is 0 Å². The Morgan fingerprint density at radius 1 is 0.791 bits per heavy atom. The number of nitrogens with one attached hydrogen (secondary N) is 1. The highest BCUT2D eigenvalue weighted by atomic mass is 31.2. The molecule has 3 atom stereocenters. The molecule has 0 heterocycles. The van der Waals surface area contributed by atoms with Gasteiger partial charge < -0.3 is 28.8 Å². The fraction of sp³-hybridized carbons (Fsp3) is 0.912. The molecule has 1 amide bonds. The molecular weight excluding hydrogens is 563 g/mol. The zero-order valence-electron chi connectivity index (χ0n) is 28.7. The van der Waals surface area contributed by atoms with Gasteiger partial charge in [-0.05, 0) is 12.8 Å². The van der Waals surface area contributed by atoms with Crippen molar-refractivity contribution in [2.75, 3.05) is 40.9 Å². The number of phosphoric acid groups is 1. The zero-order chi connectivity index (χ0) is 32.2. The summed E-state index contributed by atoms with van der Waals surface area (Å²) in [5, 5.41) is 13.4. The van der Waals surface area contributed by atoms with E-state index in [4.69, 9.17) is 9.05 Å². The van der Waals surface area contributed by atoms with E-state index in [0.717, 1.165) is 38.5 Å². The molecule has 0 aliphatic rings. The van der Waals surface area contributed by atoms with E-state index in [-0.39, 0.29) is 19.1 Å². The van der Waals surface area contributed by atoms with Gasteiger partial charge in [-0.15, -0.1) is 0 Å². The van der Waals surface area contributed by atoms with Crippen molar-refractivity contribution >= 4 is 13.7 Å². The van der Waals surface area contributed by atoms with Gasteiger partial charge in [0.25, 0.3) is 7.82 Å². The molecule has 43 heavy (non-hydrogen) atoms. The fourth-order valence-electron chi connectivity index (χ4n) is 4.84. The third-order valence-corrected chi connectivity index (χ3v) is 8.71. The summed E-state index contributed by atoms with van der Waals surface area (Å²) in [5.74, 6) is -0.206. The maximum absolute atomic E-state index is 12.6. The Morgan fingerprint density at radius 3 is 1.72 bits per heavy atom. The van der Waals surface area contributed by atoms with E-state index in [1.54, 1.807) is 6.08 Å². The first-order valence-corrected chi connectivity index (χ1v) is 19.0. The van der Waals surface area contributed by atoms with E-state index in [2.05, 4.69) is 19.2 Å². The van der Waals surface area contributed by atoms with Crippen molar-refractivity contribution in [3.05, 3.63) is 12.2 Å². The number of quaternary nitrogens is 1. The van der Waals surface area contributed by atoms with E-state index in [1.165, 1.54) is 89.9 Å². The van der Waals surface area contributed by atoms with Crippen LogP contribution in [0.1, 0.15) is 149 Å². The van der Waals surface area contributed by atoms with Gasteiger partial charge in [0.05, 0.1) is 39.9 Å². The van der Waals surface area contributed by atoms with E-state index in [9.17, 15) is 19.4 Å². The minimum Gasteiger partial charge on any atom is -0.756 e. The van der Waals surface area contributed by atoms with Crippen molar-refractivity contribution in [2.24, 2.45) is 0 Å². The summed E-state index contributed by atoms with van der Waals surface area (Å²) in [5.41, 5.74) is 0. The molecule has 2 N–H and O–H groups in total. The van der Waals surface area contributed by atoms with Crippen molar-refractivity contribution in [3.63, 3.8) is 0 Å². The molecule has 256 valence electrons. The van der Waals surface area contributed by atoms with Gasteiger partial charge in [0.1, 0.15) is 13.2 Å². The predicted octanol–water partition coefficient (Wildman–Crippen LogP) is 7.83. The van der Waals surface area contributed by atoms with Crippen molar-refractivity contribution in [1.29, 1.82) is 0 Å². The van der Waals surface area contributed by atoms with Crippen molar-refractivity contribution in [1.82, 2.24) is 5.32 Å². The third-order valence-electron chi connectivity index (χ3n) is 7.75. The van der Waals surface area contributed by atoms with E-state index < -0.39 is 20.0 Å². The second-order valence-electron chi connectivity index (χ2n) is 13.2. The zero-order valence-corrected chi connectivity index (χ0v) is 29.6. The predicted molar refractivity (Wildman–Crippen MR) is 178 cm³/mol.